The van der Waals surface area contributed by atoms with E-state index in [1.54, 1.807) is 6.20 Å². The highest BCUT2D eigenvalue weighted by Crippen LogP contribution is 2.36. The zero-order chi connectivity index (χ0) is 19.3. The number of ether oxygens (including phenoxy) is 2. The quantitative estimate of drug-likeness (QED) is 0.359. The number of hydrogen-bond acceptors (Lipinski definition) is 3. The number of pyridine rings is 1. The van der Waals surface area contributed by atoms with E-state index in [1.165, 1.54) is 32.1 Å². The Morgan fingerprint density at radius 3 is 2.44 bits per heavy atom. The number of unbranched alkanes of at least 4 members (excludes halogenated alkanes) is 4. The largest absolute Gasteiger partial charge is 0.493 e. The number of rotatable bonds is 13. The highest BCUT2D eigenvalue weighted by Gasteiger charge is 2.13. The minimum Gasteiger partial charge on any atom is -0.493 e. The van der Waals surface area contributed by atoms with Crippen molar-refractivity contribution in [3.8, 4) is 22.6 Å². The molecule has 0 aliphatic carbocycles. The van der Waals surface area contributed by atoms with Crippen molar-refractivity contribution in [2.75, 3.05) is 13.2 Å². The Bertz CT molecular complexity index is 656. The lowest BCUT2D eigenvalue weighted by Crippen LogP contribution is -2.09. The van der Waals surface area contributed by atoms with E-state index >= 15 is 0 Å². The molecule has 1 aromatic heterocycles. The molecule has 0 N–H and O–H groups in total. The van der Waals surface area contributed by atoms with E-state index in [9.17, 15) is 0 Å². The van der Waals surface area contributed by atoms with Crippen LogP contribution in [0.2, 0.25) is 0 Å². The monoisotopic (exact) mass is 369 g/mol. The van der Waals surface area contributed by atoms with Gasteiger partial charge in [0.05, 0.1) is 19.4 Å². The summed E-state index contributed by atoms with van der Waals surface area (Å²) >= 11 is 0. The smallest absolute Gasteiger partial charge is 0.145 e. The van der Waals surface area contributed by atoms with Crippen molar-refractivity contribution in [3.05, 3.63) is 42.7 Å². The Hall–Kier alpha value is -2.03. The predicted octanol–water partition coefficient (Wildman–Crippen LogP) is 6.91. The summed E-state index contributed by atoms with van der Waals surface area (Å²) in [5, 5.41) is 0. The van der Waals surface area contributed by atoms with Crippen LogP contribution in [-0.2, 0) is 0 Å². The van der Waals surface area contributed by atoms with Gasteiger partial charge in [-0.25, -0.2) is 0 Å². The molecule has 0 amide bonds. The molecule has 2 aromatic rings. The average molecular weight is 370 g/mol. The standard InChI is InChI=1S/C24H35NO2/c1-4-6-8-9-12-20(3)19-27-23-14-11-10-13-21(23)22-15-16-25-18-24(22)26-17-7-5-2/h10-11,13-16,18,20H,4-9,12,17,19H2,1-3H3. The fraction of sp³-hybridized carbons (Fsp3) is 0.542. The fourth-order valence-corrected chi connectivity index (χ4v) is 3.09. The molecule has 0 fully saturated rings. The van der Waals surface area contributed by atoms with Gasteiger partial charge in [0.1, 0.15) is 11.5 Å². The van der Waals surface area contributed by atoms with Gasteiger partial charge >= 0.3 is 0 Å². The number of para-hydroxylation sites is 1. The Kier molecular flexibility index (Phi) is 9.75. The topological polar surface area (TPSA) is 31.4 Å². The normalized spacial score (nSPS) is 12.0. The highest BCUT2D eigenvalue weighted by molar-refractivity contribution is 5.75. The van der Waals surface area contributed by atoms with Gasteiger partial charge in [-0.1, -0.05) is 71.1 Å². The number of benzene rings is 1. The average Bonchev–Trinajstić information content (AvgIpc) is 2.70. The zero-order valence-electron chi connectivity index (χ0n) is 17.2. The summed E-state index contributed by atoms with van der Waals surface area (Å²) in [4.78, 5) is 4.24. The third kappa shape index (κ3) is 7.24. The first kappa shape index (κ1) is 21.3. The Morgan fingerprint density at radius 2 is 1.63 bits per heavy atom. The third-order valence-corrected chi connectivity index (χ3v) is 4.79. The van der Waals surface area contributed by atoms with E-state index in [4.69, 9.17) is 9.47 Å². The molecule has 1 aromatic carbocycles. The molecule has 148 valence electrons. The molecule has 0 radical (unpaired) electrons. The summed E-state index contributed by atoms with van der Waals surface area (Å²) in [6.07, 6.45) is 12.2. The first-order valence-electron chi connectivity index (χ1n) is 10.5. The van der Waals surface area contributed by atoms with E-state index < -0.39 is 0 Å². The zero-order valence-corrected chi connectivity index (χ0v) is 17.2. The molecule has 0 aliphatic heterocycles. The molecule has 3 nitrogen and oxygen atoms in total. The second-order valence-electron chi connectivity index (χ2n) is 7.34. The SMILES string of the molecule is CCCCCCC(C)COc1ccccc1-c1ccncc1OCCCC. The second kappa shape index (κ2) is 12.4. The predicted molar refractivity (Wildman–Crippen MR) is 113 cm³/mol. The van der Waals surface area contributed by atoms with Crippen LogP contribution in [0.25, 0.3) is 11.1 Å². The van der Waals surface area contributed by atoms with E-state index in [1.807, 2.05) is 24.4 Å². The van der Waals surface area contributed by atoms with E-state index in [0.717, 1.165) is 42.1 Å². The summed E-state index contributed by atoms with van der Waals surface area (Å²) in [6, 6.07) is 10.2. The number of hydrogen-bond donors (Lipinski definition) is 0. The van der Waals surface area contributed by atoms with Crippen LogP contribution in [0.15, 0.2) is 42.7 Å². The molecule has 0 aliphatic rings. The highest BCUT2D eigenvalue weighted by atomic mass is 16.5. The molecular weight excluding hydrogens is 334 g/mol. The molecule has 0 saturated heterocycles. The van der Waals surface area contributed by atoms with E-state index in [2.05, 4.69) is 37.9 Å². The first-order valence-corrected chi connectivity index (χ1v) is 10.5. The van der Waals surface area contributed by atoms with Crippen LogP contribution in [0.3, 0.4) is 0 Å². The Labute approximate surface area is 165 Å². The van der Waals surface area contributed by atoms with Gasteiger partial charge in [-0.3, -0.25) is 4.98 Å². The summed E-state index contributed by atoms with van der Waals surface area (Å²) in [6.45, 7) is 8.16. The van der Waals surface area contributed by atoms with Crippen LogP contribution in [0.4, 0.5) is 0 Å². The number of nitrogens with zero attached hydrogens (tertiary/aromatic N) is 1. The Balaban J connectivity index is 2.03. The summed E-state index contributed by atoms with van der Waals surface area (Å²) < 4.78 is 12.2. The molecule has 1 heterocycles. The van der Waals surface area contributed by atoms with Gasteiger partial charge in [0.15, 0.2) is 0 Å². The number of aromatic nitrogens is 1. The van der Waals surface area contributed by atoms with Crippen molar-refractivity contribution in [1.29, 1.82) is 0 Å². The summed E-state index contributed by atoms with van der Waals surface area (Å²) in [5.74, 6) is 2.31. The second-order valence-corrected chi connectivity index (χ2v) is 7.34. The van der Waals surface area contributed by atoms with Gasteiger partial charge in [-0.2, -0.15) is 0 Å². The van der Waals surface area contributed by atoms with Crippen LogP contribution in [-0.4, -0.2) is 18.2 Å². The summed E-state index contributed by atoms with van der Waals surface area (Å²) in [7, 11) is 0. The third-order valence-electron chi connectivity index (χ3n) is 4.79. The minimum atomic E-state index is 0.563. The van der Waals surface area contributed by atoms with Crippen LogP contribution < -0.4 is 9.47 Å². The maximum absolute atomic E-state index is 6.22. The fourth-order valence-electron chi connectivity index (χ4n) is 3.09. The molecule has 0 saturated carbocycles. The lowest BCUT2D eigenvalue weighted by Gasteiger charge is -2.17. The lowest BCUT2D eigenvalue weighted by atomic mass is 10.0. The van der Waals surface area contributed by atoms with E-state index in [0.29, 0.717) is 12.5 Å². The molecule has 1 atom stereocenters. The molecule has 3 heteroatoms. The van der Waals surface area contributed by atoms with E-state index in [-0.39, 0.29) is 0 Å². The van der Waals surface area contributed by atoms with Crippen molar-refractivity contribution in [2.24, 2.45) is 5.92 Å². The molecule has 1 unspecified atom stereocenters. The van der Waals surface area contributed by atoms with Crippen molar-refractivity contribution in [1.82, 2.24) is 4.98 Å². The van der Waals surface area contributed by atoms with Gasteiger partial charge < -0.3 is 9.47 Å². The van der Waals surface area contributed by atoms with Gasteiger partial charge in [0, 0.05) is 17.3 Å². The van der Waals surface area contributed by atoms with Gasteiger partial charge in [0.25, 0.3) is 0 Å². The molecule has 2 rings (SSSR count). The van der Waals surface area contributed by atoms with Crippen LogP contribution in [0.5, 0.6) is 11.5 Å². The van der Waals surface area contributed by atoms with Crippen molar-refractivity contribution < 1.29 is 9.47 Å². The van der Waals surface area contributed by atoms with Crippen molar-refractivity contribution in [3.63, 3.8) is 0 Å². The van der Waals surface area contributed by atoms with Gasteiger partial charge in [-0.15, -0.1) is 0 Å². The van der Waals surface area contributed by atoms with Crippen LogP contribution in [0.1, 0.15) is 65.7 Å². The van der Waals surface area contributed by atoms with Crippen LogP contribution >= 0.6 is 0 Å². The van der Waals surface area contributed by atoms with Crippen molar-refractivity contribution in [2.45, 2.75) is 65.7 Å². The maximum Gasteiger partial charge on any atom is 0.145 e. The first-order chi connectivity index (χ1) is 13.3. The molecule has 27 heavy (non-hydrogen) atoms. The Morgan fingerprint density at radius 1 is 0.852 bits per heavy atom. The molecule has 0 bridgehead atoms. The van der Waals surface area contributed by atoms with Crippen molar-refractivity contribution >= 4 is 0 Å². The maximum atomic E-state index is 6.22. The molecular formula is C24H35NO2. The van der Waals surface area contributed by atoms with Gasteiger partial charge in [0.2, 0.25) is 0 Å². The molecule has 0 spiro atoms. The lowest BCUT2D eigenvalue weighted by molar-refractivity contribution is 0.249. The van der Waals surface area contributed by atoms with Crippen LogP contribution in [0, 0.1) is 5.92 Å². The van der Waals surface area contributed by atoms with Gasteiger partial charge in [-0.05, 0) is 30.9 Å². The summed E-state index contributed by atoms with van der Waals surface area (Å²) in [5.41, 5.74) is 2.12. The minimum absolute atomic E-state index is 0.563.